The third-order valence-corrected chi connectivity index (χ3v) is 5.11. The van der Waals surface area contributed by atoms with Gasteiger partial charge in [0.15, 0.2) is 0 Å². The standard InChI is InChI=1S/C12H21BrN2O/c1-14-11(16)10-3-2-6-15(7-10)9-12(8-13)4-5-12/h10H,2-9H2,1H3,(H,14,16). The Bertz CT molecular complexity index is 266. The van der Waals surface area contributed by atoms with Crippen LogP contribution in [0.4, 0.5) is 0 Å². The SMILES string of the molecule is CNC(=O)C1CCCN(CC2(CBr)CC2)C1. The lowest BCUT2D eigenvalue weighted by Crippen LogP contribution is -2.44. The van der Waals surface area contributed by atoms with Crippen LogP contribution in [0.1, 0.15) is 25.7 Å². The molecule has 2 rings (SSSR count). The highest BCUT2D eigenvalue weighted by Gasteiger charge is 2.43. The molecule has 4 heteroatoms. The van der Waals surface area contributed by atoms with Crippen LogP contribution in [-0.2, 0) is 4.79 Å². The molecule has 1 N–H and O–H groups in total. The zero-order valence-electron chi connectivity index (χ0n) is 9.97. The third-order valence-electron chi connectivity index (χ3n) is 3.92. The van der Waals surface area contributed by atoms with Crippen LogP contribution in [-0.4, -0.2) is 42.8 Å². The van der Waals surface area contributed by atoms with E-state index in [-0.39, 0.29) is 11.8 Å². The minimum Gasteiger partial charge on any atom is -0.359 e. The van der Waals surface area contributed by atoms with Gasteiger partial charge in [-0.05, 0) is 37.6 Å². The minimum absolute atomic E-state index is 0.213. The Morgan fingerprint density at radius 3 is 2.88 bits per heavy atom. The molecule has 0 aromatic heterocycles. The molecule has 2 aliphatic rings. The van der Waals surface area contributed by atoms with Gasteiger partial charge in [-0.15, -0.1) is 0 Å². The lowest BCUT2D eigenvalue weighted by atomic mass is 9.96. The number of carbonyl (C=O) groups excluding carboxylic acids is 1. The summed E-state index contributed by atoms with van der Waals surface area (Å²) in [5, 5.41) is 3.89. The maximum atomic E-state index is 11.6. The Hall–Kier alpha value is -0.0900. The van der Waals surface area contributed by atoms with Crippen molar-refractivity contribution in [2.45, 2.75) is 25.7 Å². The number of nitrogens with zero attached hydrogens (tertiary/aromatic N) is 1. The molecule has 1 saturated heterocycles. The summed E-state index contributed by atoms with van der Waals surface area (Å²) < 4.78 is 0. The molecule has 92 valence electrons. The predicted octanol–water partition coefficient (Wildman–Crippen LogP) is 1.62. The second-order valence-electron chi connectivity index (χ2n) is 5.32. The molecule has 1 aliphatic carbocycles. The first-order chi connectivity index (χ1) is 7.69. The highest BCUT2D eigenvalue weighted by atomic mass is 79.9. The topological polar surface area (TPSA) is 32.3 Å². The van der Waals surface area contributed by atoms with Crippen molar-refractivity contribution in [2.24, 2.45) is 11.3 Å². The maximum absolute atomic E-state index is 11.6. The lowest BCUT2D eigenvalue weighted by molar-refractivity contribution is -0.126. The van der Waals surface area contributed by atoms with Crippen molar-refractivity contribution in [1.29, 1.82) is 0 Å². The van der Waals surface area contributed by atoms with E-state index in [1.807, 2.05) is 0 Å². The number of hydrogen-bond donors (Lipinski definition) is 1. The van der Waals surface area contributed by atoms with Gasteiger partial charge < -0.3 is 10.2 Å². The van der Waals surface area contributed by atoms with Crippen LogP contribution in [0.5, 0.6) is 0 Å². The molecule has 2 fully saturated rings. The number of piperidine rings is 1. The van der Waals surface area contributed by atoms with Crippen LogP contribution in [0.25, 0.3) is 0 Å². The maximum Gasteiger partial charge on any atom is 0.224 e. The molecule has 1 unspecified atom stereocenters. The van der Waals surface area contributed by atoms with Crippen molar-refractivity contribution in [3.8, 4) is 0 Å². The number of hydrogen-bond acceptors (Lipinski definition) is 2. The largest absolute Gasteiger partial charge is 0.359 e. The van der Waals surface area contributed by atoms with Crippen LogP contribution >= 0.6 is 15.9 Å². The van der Waals surface area contributed by atoms with Gasteiger partial charge in [0, 0.05) is 25.5 Å². The summed E-state index contributed by atoms with van der Waals surface area (Å²) in [5.41, 5.74) is 0.532. The van der Waals surface area contributed by atoms with E-state index in [9.17, 15) is 4.79 Å². The molecule has 3 nitrogen and oxygen atoms in total. The second kappa shape index (κ2) is 5.05. The van der Waals surface area contributed by atoms with Gasteiger partial charge in [-0.3, -0.25) is 4.79 Å². The fourth-order valence-corrected chi connectivity index (χ4v) is 3.34. The summed E-state index contributed by atoms with van der Waals surface area (Å²) in [7, 11) is 1.74. The molecule has 0 aromatic rings. The van der Waals surface area contributed by atoms with Gasteiger partial charge in [-0.1, -0.05) is 15.9 Å². The summed E-state index contributed by atoms with van der Waals surface area (Å²) in [6.45, 7) is 3.29. The van der Waals surface area contributed by atoms with Crippen molar-refractivity contribution in [3.05, 3.63) is 0 Å². The molecule has 1 atom stereocenters. The first kappa shape index (κ1) is 12.4. The van der Waals surface area contributed by atoms with E-state index in [4.69, 9.17) is 0 Å². The van der Waals surface area contributed by atoms with Crippen molar-refractivity contribution < 1.29 is 4.79 Å². The van der Waals surface area contributed by atoms with Crippen molar-refractivity contribution in [2.75, 3.05) is 32.0 Å². The van der Waals surface area contributed by atoms with E-state index in [1.54, 1.807) is 7.05 Å². The molecule has 16 heavy (non-hydrogen) atoms. The van der Waals surface area contributed by atoms with E-state index in [0.717, 1.165) is 24.7 Å². The molecule has 0 aromatic carbocycles. The number of carbonyl (C=O) groups is 1. The zero-order chi connectivity index (χ0) is 11.6. The highest BCUT2D eigenvalue weighted by molar-refractivity contribution is 9.09. The Labute approximate surface area is 106 Å². The number of rotatable bonds is 4. The number of halogens is 1. The van der Waals surface area contributed by atoms with Crippen LogP contribution in [0.3, 0.4) is 0 Å². The van der Waals surface area contributed by atoms with E-state index in [1.165, 1.54) is 25.9 Å². The molecule has 0 spiro atoms. The smallest absolute Gasteiger partial charge is 0.224 e. The number of nitrogens with one attached hydrogen (secondary N) is 1. The first-order valence-corrected chi connectivity index (χ1v) is 7.31. The van der Waals surface area contributed by atoms with E-state index in [0.29, 0.717) is 5.41 Å². The molecular formula is C12H21BrN2O. The average Bonchev–Trinajstić information content (AvgIpc) is 3.09. The number of alkyl halides is 1. The second-order valence-corrected chi connectivity index (χ2v) is 5.88. The van der Waals surface area contributed by atoms with Gasteiger partial charge in [0.25, 0.3) is 0 Å². The highest BCUT2D eigenvalue weighted by Crippen LogP contribution is 2.47. The molecule has 1 amide bonds. The lowest BCUT2D eigenvalue weighted by Gasteiger charge is -2.34. The summed E-state index contributed by atoms with van der Waals surface area (Å²) in [6.07, 6.45) is 4.91. The molecule has 0 bridgehead atoms. The number of likely N-dealkylation sites (tertiary alicyclic amines) is 1. The van der Waals surface area contributed by atoms with Crippen LogP contribution in [0.2, 0.25) is 0 Å². The number of amides is 1. The summed E-state index contributed by atoms with van der Waals surface area (Å²) in [5.74, 6) is 0.429. The van der Waals surface area contributed by atoms with Gasteiger partial charge in [0.05, 0.1) is 5.92 Å². The Morgan fingerprint density at radius 2 is 2.31 bits per heavy atom. The van der Waals surface area contributed by atoms with E-state index >= 15 is 0 Å². The molecule has 1 aliphatic heterocycles. The van der Waals surface area contributed by atoms with Gasteiger partial charge >= 0.3 is 0 Å². The van der Waals surface area contributed by atoms with Gasteiger partial charge in [-0.25, -0.2) is 0 Å². The normalized spacial score (nSPS) is 28.8. The van der Waals surface area contributed by atoms with Gasteiger partial charge in [-0.2, -0.15) is 0 Å². The molecule has 1 heterocycles. The van der Waals surface area contributed by atoms with Crippen molar-refractivity contribution in [3.63, 3.8) is 0 Å². The van der Waals surface area contributed by atoms with Gasteiger partial charge in [0.1, 0.15) is 0 Å². The van der Waals surface area contributed by atoms with Crippen molar-refractivity contribution >= 4 is 21.8 Å². The van der Waals surface area contributed by atoms with Crippen LogP contribution in [0.15, 0.2) is 0 Å². The summed E-state index contributed by atoms with van der Waals surface area (Å²) in [4.78, 5) is 14.1. The minimum atomic E-state index is 0.213. The first-order valence-electron chi connectivity index (χ1n) is 6.19. The van der Waals surface area contributed by atoms with E-state index < -0.39 is 0 Å². The van der Waals surface area contributed by atoms with Crippen LogP contribution in [0, 0.1) is 11.3 Å². The Morgan fingerprint density at radius 1 is 1.56 bits per heavy atom. The Balaban J connectivity index is 1.84. The Kier molecular flexibility index (Phi) is 3.90. The molecule has 0 radical (unpaired) electrons. The summed E-state index contributed by atoms with van der Waals surface area (Å²) in [6, 6.07) is 0. The summed E-state index contributed by atoms with van der Waals surface area (Å²) >= 11 is 3.61. The van der Waals surface area contributed by atoms with Crippen molar-refractivity contribution in [1.82, 2.24) is 10.2 Å². The predicted molar refractivity (Wildman–Crippen MR) is 68.7 cm³/mol. The average molecular weight is 289 g/mol. The monoisotopic (exact) mass is 288 g/mol. The van der Waals surface area contributed by atoms with Crippen LogP contribution < -0.4 is 5.32 Å². The fourth-order valence-electron chi connectivity index (χ4n) is 2.60. The quantitative estimate of drug-likeness (QED) is 0.798. The molecular weight excluding hydrogens is 268 g/mol. The van der Waals surface area contributed by atoms with E-state index in [2.05, 4.69) is 26.1 Å². The zero-order valence-corrected chi connectivity index (χ0v) is 11.6. The third kappa shape index (κ3) is 2.77. The molecule has 1 saturated carbocycles. The van der Waals surface area contributed by atoms with Gasteiger partial charge in [0.2, 0.25) is 5.91 Å². The fraction of sp³-hybridized carbons (Fsp3) is 0.917.